The van der Waals surface area contributed by atoms with E-state index in [0.717, 1.165) is 14.5 Å². The first kappa shape index (κ1) is 7.39. The number of thiazole rings is 1. The minimum atomic E-state index is 0.894. The van der Waals surface area contributed by atoms with E-state index in [1.165, 1.54) is 11.5 Å². The topological polar surface area (TPSA) is 25.8 Å². The van der Waals surface area contributed by atoms with E-state index in [1.807, 2.05) is 11.4 Å². The molecule has 56 valence electrons. The van der Waals surface area contributed by atoms with Crippen LogP contribution < -0.4 is 0 Å². The smallest absolute Gasteiger partial charge is 0.136 e. The van der Waals surface area contributed by atoms with Crippen molar-refractivity contribution in [2.75, 3.05) is 0 Å². The van der Waals surface area contributed by atoms with Gasteiger partial charge < -0.3 is 0 Å². The van der Waals surface area contributed by atoms with E-state index in [-0.39, 0.29) is 0 Å². The number of hydrogen-bond donors (Lipinski definition) is 0. The van der Waals surface area contributed by atoms with Gasteiger partial charge in [0.1, 0.15) is 9.61 Å². The van der Waals surface area contributed by atoms with Crippen LogP contribution in [-0.4, -0.2) is 9.36 Å². The zero-order valence-electron chi connectivity index (χ0n) is 5.32. The van der Waals surface area contributed by atoms with E-state index in [9.17, 15) is 0 Å². The van der Waals surface area contributed by atoms with Crippen molar-refractivity contribution >= 4 is 38.8 Å². The lowest BCUT2D eigenvalue weighted by Gasteiger charge is -1.82. The standard InChI is InChI=1S/C6H3BrN2S2/c7-5-3-10-6(9-5)4-1-2-8-11-4/h1-3H. The molecular weight excluding hydrogens is 244 g/mol. The summed E-state index contributed by atoms with van der Waals surface area (Å²) in [5.41, 5.74) is 0. The molecule has 0 atom stereocenters. The third-order valence-electron chi connectivity index (χ3n) is 1.12. The Hall–Kier alpha value is -0.260. The van der Waals surface area contributed by atoms with Crippen molar-refractivity contribution in [3.05, 3.63) is 22.2 Å². The fraction of sp³-hybridized carbons (Fsp3) is 0. The summed E-state index contributed by atoms with van der Waals surface area (Å²) >= 11 is 6.39. The number of halogens is 1. The minimum Gasteiger partial charge on any atom is -0.228 e. The maximum absolute atomic E-state index is 4.26. The van der Waals surface area contributed by atoms with Gasteiger partial charge in [-0.2, -0.15) is 0 Å². The molecule has 0 unspecified atom stereocenters. The molecule has 2 aromatic heterocycles. The van der Waals surface area contributed by atoms with Crippen molar-refractivity contribution in [1.82, 2.24) is 9.36 Å². The first-order valence-electron chi connectivity index (χ1n) is 2.88. The Bertz CT molecular complexity index is 341. The van der Waals surface area contributed by atoms with Crippen LogP contribution in [0.1, 0.15) is 0 Å². The number of hydrogen-bond acceptors (Lipinski definition) is 4. The molecule has 2 rings (SSSR count). The lowest BCUT2D eigenvalue weighted by atomic mass is 10.5. The fourth-order valence-corrected chi connectivity index (χ4v) is 2.60. The van der Waals surface area contributed by atoms with Crippen LogP contribution in [0.5, 0.6) is 0 Å². The van der Waals surface area contributed by atoms with E-state index >= 15 is 0 Å². The predicted octanol–water partition coefficient (Wildman–Crippen LogP) is 3.03. The van der Waals surface area contributed by atoms with Crippen molar-refractivity contribution in [2.45, 2.75) is 0 Å². The van der Waals surface area contributed by atoms with Gasteiger partial charge in [-0.05, 0) is 33.5 Å². The van der Waals surface area contributed by atoms with Crippen LogP contribution in [0, 0.1) is 0 Å². The first-order chi connectivity index (χ1) is 5.36. The third kappa shape index (κ3) is 1.50. The lowest BCUT2D eigenvalue weighted by molar-refractivity contribution is 1.37. The molecule has 0 fully saturated rings. The van der Waals surface area contributed by atoms with Gasteiger partial charge in [-0.15, -0.1) is 11.3 Å². The lowest BCUT2D eigenvalue weighted by Crippen LogP contribution is -1.66. The molecule has 5 heteroatoms. The Morgan fingerprint density at radius 2 is 2.36 bits per heavy atom. The molecule has 0 amide bonds. The summed E-state index contributed by atoms with van der Waals surface area (Å²) in [4.78, 5) is 5.38. The highest BCUT2D eigenvalue weighted by Gasteiger charge is 2.03. The third-order valence-corrected chi connectivity index (χ3v) is 3.59. The zero-order chi connectivity index (χ0) is 7.68. The van der Waals surface area contributed by atoms with Gasteiger partial charge in [0.25, 0.3) is 0 Å². The zero-order valence-corrected chi connectivity index (χ0v) is 8.54. The van der Waals surface area contributed by atoms with Crippen LogP contribution in [0.2, 0.25) is 0 Å². The van der Waals surface area contributed by atoms with Crippen LogP contribution >= 0.6 is 38.8 Å². The van der Waals surface area contributed by atoms with Crippen LogP contribution in [0.3, 0.4) is 0 Å². The van der Waals surface area contributed by atoms with Gasteiger partial charge in [-0.3, -0.25) is 0 Å². The van der Waals surface area contributed by atoms with Crippen LogP contribution in [0.15, 0.2) is 22.2 Å². The van der Waals surface area contributed by atoms with E-state index in [0.29, 0.717) is 0 Å². The van der Waals surface area contributed by atoms with Crippen LogP contribution in [0.4, 0.5) is 0 Å². The van der Waals surface area contributed by atoms with E-state index in [1.54, 1.807) is 17.5 Å². The Morgan fingerprint density at radius 1 is 1.45 bits per heavy atom. The van der Waals surface area contributed by atoms with Crippen LogP contribution in [0.25, 0.3) is 9.88 Å². The van der Waals surface area contributed by atoms with Crippen molar-refractivity contribution in [3.8, 4) is 9.88 Å². The Morgan fingerprint density at radius 3 is 2.91 bits per heavy atom. The summed E-state index contributed by atoms with van der Waals surface area (Å²) in [6, 6.07) is 1.97. The fourth-order valence-electron chi connectivity index (χ4n) is 0.693. The SMILES string of the molecule is Brc1csc(-c2ccns2)n1. The van der Waals surface area contributed by atoms with E-state index < -0.39 is 0 Å². The van der Waals surface area contributed by atoms with Gasteiger partial charge in [0, 0.05) is 11.6 Å². The largest absolute Gasteiger partial charge is 0.228 e. The summed E-state index contributed by atoms with van der Waals surface area (Å²) in [6.45, 7) is 0. The molecule has 11 heavy (non-hydrogen) atoms. The molecule has 2 heterocycles. The molecule has 2 aromatic rings. The second-order valence-electron chi connectivity index (χ2n) is 1.85. The molecule has 0 aliphatic heterocycles. The van der Waals surface area contributed by atoms with Crippen molar-refractivity contribution in [2.24, 2.45) is 0 Å². The molecule has 0 aromatic carbocycles. The second kappa shape index (κ2) is 3.00. The van der Waals surface area contributed by atoms with E-state index in [4.69, 9.17) is 0 Å². The normalized spacial score (nSPS) is 10.3. The molecule has 0 N–H and O–H groups in total. The van der Waals surface area contributed by atoms with Gasteiger partial charge in [0.15, 0.2) is 0 Å². The average molecular weight is 247 g/mol. The summed E-state index contributed by atoms with van der Waals surface area (Å²) in [5.74, 6) is 0. The number of aromatic nitrogens is 2. The van der Waals surface area contributed by atoms with Crippen molar-refractivity contribution < 1.29 is 0 Å². The second-order valence-corrected chi connectivity index (χ2v) is 4.36. The molecule has 0 aliphatic carbocycles. The molecule has 0 saturated heterocycles. The van der Waals surface area contributed by atoms with Gasteiger partial charge in [0.05, 0.1) is 4.88 Å². The molecule has 0 aliphatic rings. The Labute approximate surface area is 80.2 Å². The van der Waals surface area contributed by atoms with Crippen LogP contribution in [-0.2, 0) is 0 Å². The summed E-state index contributed by atoms with van der Waals surface area (Å²) < 4.78 is 4.90. The molecular formula is C6H3BrN2S2. The average Bonchev–Trinajstić information content (AvgIpc) is 2.55. The highest BCUT2D eigenvalue weighted by Crippen LogP contribution is 2.27. The quantitative estimate of drug-likeness (QED) is 0.774. The minimum absolute atomic E-state index is 0.894. The van der Waals surface area contributed by atoms with Gasteiger partial charge in [0.2, 0.25) is 0 Å². The summed E-state index contributed by atoms with van der Waals surface area (Å²) in [5, 5.41) is 2.99. The maximum Gasteiger partial charge on any atom is 0.136 e. The monoisotopic (exact) mass is 246 g/mol. The predicted molar refractivity (Wildman–Crippen MR) is 50.9 cm³/mol. The highest BCUT2D eigenvalue weighted by molar-refractivity contribution is 9.10. The van der Waals surface area contributed by atoms with Crippen molar-refractivity contribution in [1.29, 1.82) is 0 Å². The molecule has 2 nitrogen and oxygen atoms in total. The number of nitrogens with zero attached hydrogens (tertiary/aromatic N) is 2. The Kier molecular flexibility index (Phi) is 2.02. The molecule has 0 saturated carbocycles. The highest BCUT2D eigenvalue weighted by atomic mass is 79.9. The number of rotatable bonds is 1. The molecule has 0 spiro atoms. The van der Waals surface area contributed by atoms with Gasteiger partial charge in [-0.25, -0.2) is 9.36 Å². The molecule has 0 bridgehead atoms. The maximum atomic E-state index is 4.26. The Balaban J connectivity index is 2.45. The molecule has 0 radical (unpaired) electrons. The summed E-state index contributed by atoms with van der Waals surface area (Å²) in [7, 11) is 0. The summed E-state index contributed by atoms with van der Waals surface area (Å²) in [6.07, 6.45) is 1.79. The van der Waals surface area contributed by atoms with Gasteiger partial charge in [-0.1, -0.05) is 0 Å². The van der Waals surface area contributed by atoms with Gasteiger partial charge >= 0.3 is 0 Å². The van der Waals surface area contributed by atoms with E-state index in [2.05, 4.69) is 25.3 Å². The first-order valence-corrected chi connectivity index (χ1v) is 5.33. The van der Waals surface area contributed by atoms with Crippen molar-refractivity contribution in [3.63, 3.8) is 0 Å².